The van der Waals surface area contributed by atoms with Gasteiger partial charge in [0.05, 0.1) is 40.3 Å². The molecule has 0 aromatic rings. The minimum Gasteiger partial charge on any atom is -0.544 e. The van der Waals surface area contributed by atoms with Gasteiger partial charge in [-0.15, -0.1) is 0 Å². The number of unbranched alkanes of at least 4 members (excludes halogenated alkanes) is 19. The molecule has 0 spiro atoms. The van der Waals surface area contributed by atoms with E-state index in [1.165, 1.54) is 77.0 Å². The summed E-state index contributed by atoms with van der Waals surface area (Å²) in [5.41, 5.74) is 0. The van der Waals surface area contributed by atoms with E-state index in [1.807, 2.05) is 6.08 Å². The summed E-state index contributed by atoms with van der Waals surface area (Å²) in [5.74, 6) is -1.76. The second-order valence-corrected chi connectivity index (χ2v) is 16.6. The van der Waals surface area contributed by atoms with E-state index in [0.29, 0.717) is 12.8 Å². The van der Waals surface area contributed by atoms with E-state index >= 15 is 0 Å². The molecule has 0 fully saturated rings. The lowest BCUT2D eigenvalue weighted by atomic mass is 10.0. The van der Waals surface area contributed by atoms with Gasteiger partial charge in [0.1, 0.15) is 12.6 Å². The van der Waals surface area contributed by atoms with Crippen LogP contribution >= 0.6 is 0 Å². The topological polar surface area (TPSA) is 102 Å². The molecule has 0 amide bonds. The summed E-state index contributed by atoms with van der Waals surface area (Å²) in [6, 6.07) is -0.730. The van der Waals surface area contributed by atoms with Crippen LogP contribution in [0.3, 0.4) is 0 Å². The third-order valence-corrected chi connectivity index (χ3v) is 10.2. The van der Waals surface area contributed by atoms with Gasteiger partial charge in [0.2, 0.25) is 0 Å². The van der Waals surface area contributed by atoms with E-state index < -0.39 is 18.1 Å². The van der Waals surface area contributed by atoms with Crippen molar-refractivity contribution in [2.24, 2.45) is 0 Å². The number of quaternary nitrogens is 1. The number of carbonyl (C=O) groups excluding carboxylic acids is 3. The van der Waals surface area contributed by atoms with E-state index in [2.05, 4.69) is 68.5 Å². The molecule has 0 saturated carbocycles. The molecule has 0 aliphatic carbocycles. The molecule has 0 heterocycles. The van der Waals surface area contributed by atoms with E-state index in [0.717, 1.165) is 77.0 Å². The summed E-state index contributed by atoms with van der Waals surface area (Å²) in [6.45, 7) is 4.41. The van der Waals surface area contributed by atoms with Crippen molar-refractivity contribution in [1.82, 2.24) is 0 Å². The van der Waals surface area contributed by atoms with Crippen LogP contribution in [0.15, 0.2) is 60.8 Å². The highest BCUT2D eigenvalue weighted by molar-refractivity contribution is 5.70. The van der Waals surface area contributed by atoms with Crippen molar-refractivity contribution < 1.29 is 38.2 Å². The Morgan fingerprint density at radius 3 is 1.52 bits per heavy atom. The normalized spacial score (nSPS) is 13.5. The molecule has 0 aromatic heterocycles. The lowest BCUT2D eigenvalue weighted by molar-refractivity contribution is -0.889. The van der Waals surface area contributed by atoms with Crippen molar-refractivity contribution in [3.8, 4) is 0 Å². The van der Waals surface area contributed by atoms with E-state index in [4.69, 9.17) is 14.2 Å². The Balaban J connectivity index is 4.26. The Morgan fingerprint density at radius 1 is 0.534 bits per heavy atom. The van der Waals surface area contributed by atoms with Crippen molar-refractivity contribution in [3.05, 3.63) is 60.8 Å². The number of esters is 2. The summed E-state index contributed by atoms with van der Waals surface area (Å²) in [6.07, 6.45) is 49.7. The van der Waals surface area contributed by atoms with Crippen molar-refractivity contribution in [2.45, 2.75) is 199 Å². The van der Waals surface area contributed by atoms with Crippen LogP contribution < -0.4 is 5.11 Å². The summed E-state index contributed by atoms with van der Waals surface area (Å²) >= 11 is 0. The number of allylic oxidation sites excluding steroid dienone is 10. The number of likely N-dealkylation sites (N-methyl/N-ethyl adjacent to an activating group) is 1. The first kappa shape index (κ1) is 55.0. The SMILES string of the molecule is CC/C=C/C=C/C=C/CCCCCCCC(=O)OCC(COCCC(C(=O)[O-])[N+](C)(C)C)OC(=O)CCCCCCCCCCCCCCCC/C=C/C/C=C/CC. The number of nitrogens with zero attached hydrogens (tertiary/aromatic N) is 1. The molecule has 2 unspecified atom stereocenters. The number of carboxylic acid groups (broad SMARTS) is 1. The van der Waals surface area contributed by atoms with Crippen LogP contribution in [0.25, 0.3) is 0 Å². The molecule has 2 atom stereocenters. The van der Waals surface area contributed by atoms with Crippen LogP contribution in [-0.2, 0) is 28.6 Å². The summed E-state index contributed by atoms with van der Waals surface area (Å²) in [7, 11) is 5.40. The summed E-state index contributed by atoms with van der Waals surface area (Å²) < 4.78 is 17.2. The fourth-order valence-electron chi connectivity index (χ4n) is 6.64. The van der Waals surface area contributed by atoms with E-state index in [-0.39, 0.29) is 42.7 Å². The molecule has 0 N–H and O–H groups in total. The third-order valence-electron chi connectivity index (χ3n) is 10.2. The molecule has 0 radical (unpaired) electrons. The van der Waals surface area contributed by atoms with Crippen LogP contribution in [0.2, 0.25) is 0 Å². The second-order valence-electron chi connectivity index (χ2n) is 16.6. The molecule has 58 heavy (non-hydrogen) atoms. The highest BCUT2D eigenvalue weighted by atomic mass is 16.6. The number of hydrogen-bond acceptors (Lipinski definition) is 7. The number of carbonyl (C=O) groups is 3. The molecule has 0 saturated heterocycles. The molecule has 334 valence electrons. The van der Waals surface area contributed by atoms with Gasteiger partial charge in [-0.05, 0) is 57.8 Å². The van der Waals surface area contributed by atoms with Crippen LogP contribution in [0.1, 0.15) is 187 Å². The second kappa shape index (κ2) is 40.8. The van der Waals surface area contributed by atoms with Crippen LogP contribution in [0.5, 0.6) is 0 Å². The van der Waals surface area contributed by atoms with Crippen LogP contribution in [-0.4, -0.2) is 75.5 Å². The van der Waals surface area contributed by atoms with Crippen LogP contribution in [0, 0.1) is 0 Å². The Bertz CT molecular complexity index is 1130. The molecular formula is C50H87NO7. The zero-order chi connectivity index (χ0) is 42.8. The molecule has 8 nitrogen and oxygen atoms in total. The molecule has 0 aliphatic heterocycles. The van der Waals surface area contributed by atoms with Gasteiger partial charge < -0.3 is 28.6 Å². The fourth-order valence-corrected chi connectivity index (χ4v) is 6.64. The first-order valence-electron chi connectivity index (χ1n) is 23.3. The first-order valence-corrected chi connectivity index (χ1v) is 23.3. The standard InChI is InChI=1S/C50H87NO7/c1-6-8-10-12-14-16-18-20-21-22-23-24-25-26-27-29-31-33-35-37-39-41-49(53)58-46(44-56-43-42-47(50(54)55)51(3,4)5)45-57-48(52)40-38-36-34-32-30-28-19-17-15-13-11-9-7-2/h8-11,13-17,19,46-47H,6-7,12,18,20-45H2,1-5H3/b10-8+,11-9+,15-13+,16-14+,19-17+. The van der Waals surface area contributed by atoms with Crippen molar-refractivity contribution in [3.63, 3.8) is 0 Å². The summed E-state index contributed by atoms with van der Waals surface area (Å²) in [4.78, 5) is 36.9. The monoisotopic (exact) mass is 814 g/mol. The number of hydrogen-bond donors (Lipinski definition) is 0. The largest absolute Gasteiger partial charge is 0.544 e. The maximum atomic E-state index is 12.7. The van der Waals surface area contributed by atoms with Gasteiger partial charge in [-0.25, -0.2) is 0 Å². The van der Waals surface area contributed by atoms with Gasteiger partial charge in [-0.2, -0.15) is 0 Å². The van der Waals surface area contributed by atoms with Crippen molar-refractivity contribution in [2.75, 3.05) is 41.0 Å². The lowest BCUT2D eigenvalue weighted by Gasteiger charge is -2.34. The zero-order valence-corrected chi connectivity index (χ0v) is 37.9. The average molecular weight is 814 g/mol. The van der Waals surface area contributed by atoms with Gasteiger partial charge in [0.25, 0.3) is 0 Å². The Labute approximate surface area is 356 Å². The smallest absolute Gasteiger partial charge is 0.306 e. The maximum Gasteiger partial charge on any atom is 0.306 e. The van der Waals surface area contributed by atoms with Crippen LogP contribution in [0.4, 0.5) is 0 Å². The van der Waals surface area contributed by atoms with Gasteiger partial charge >= 0.3 is 11.9 Å². The minimum absolute atomic E-state index is 0.0328. The van der Waals surface area contributed by atoms with Crippen molar-refractivity contribution >= 4 is 17.9 Å². The summed E-state index contributed by atoms with van der Waals surface area (Å²) in [5, 5.41) is 11.6. The van der Waals surface area contributed by atoms with Gasteiger partial charge in [-0.1, -0.05) is 171 Å². The fraction of sp³-hybridized carbons (Fsp3) is 0.740. The molecule has 0 aromatic carbocycles. The molecule has 0 aliphatic rings. The highest BCUT2D eigenvalue weighted by Gasteiger charge is 2.25. The van der Waals surface area contributed by atoms with E-state index in [9.17, 15) is 19.5 Å². The Hall–Kier alpha value is -2.97. The predicted octanol–water partition coefficient (Wildman–Crippen LogP) is 11.6. The van der Waals surface area contributed by atoms with Crippen molar-refractivity contribution in [1.29, 1.82) is 0 Å². The Morgan fingerprint density at radius 2 is 1.00 bits per heavy atom. The van der Waals surface area contributed by atoms with Gasteiger partial charge in [0.15, 0.2) is 6.10 Å². The average Bonchev–Trinajstić information content (AvgIpc) is 3.18. The first-order chi connectivity index (χ1) is 28.1. The zero-order valence-electron chi connectivity index (χ0n) is 37.9. The number of carboxylic acids is 1. The maximum absolute atomic E-state index is 12.7. The molecule has 0 bridgehead atoms. The molecule has 8 heteroatoms. The number of aliphatic carboxylic acids is 1. The highest BCUT2D eigenvalue weighted by Crippen LogP contribution is 2.15. The molecular weight excluding hydrogens is 727 g/mol. The third kappa shape index (κ3) is 38.5. The van der Waals surface area contributed by atoms with Gasteiger partial charge in [-0.3, -0.25) is 9.59 Å². The lowest BCUT2D eigenvalue weighted by Crippen LogP contribution is -2.55. The quantitative estimate of drug-likeness (QED) is 0.0199. The van der Waals surface area contributed by atoms with Gasteiger partial charge in [0, 0.05) is 19.3 Å². The van der Waals surface area contributed by atoms with E-state index in [1.54, 1.807) is 21.1 Å². The number of rotatable bonds is 41. The Kier molecular flexibility index (Phi) is 38.7. The molecule has 0 rings (SSSR count). The number of ether oxygens (including phenoxy) is 3. The minimum atomic E-state index is -1.13. The predicted molar refractivity (Wildman–Crippen MR) is 240 cm³/mol.